The van der Waals surface area contributed by atoms with Crippen LogP contribution in [0.4, 0.5) is 0 Å². The number of carboxylic acids is 1. The van der Waals surface area contributed by atoms with Crippen LogP contribution in [0.5, 0.6) is 0 Å². The molecule has 0 saturated heterocycles. The summed E-state index contributed by atoms with van der Waals surface area (Å²) in [5.41, 5.74) is 0.743. The van der Waals surface area contributed by atoms with Crippen LogP contribution in [-0.2, 0) is 21.5 Å². The smallest absolute Gasteiger partial charge is 0.313 e. The van der Waals surface area contributed by atoms with Gasteiger partial charge in [0, 0.05) is 24.4 Å². The number of carbonyl (C=O) groups excluding carboxylic acids is 1. The molecule has 0 aliphatic rings. The minimum absolute atomic E-state index is 0.0751. The highest BCUT2D eigenvalue weighted by molar-refractivity contribution is 7.99. The predicted molar refractivity (Wildman–Crippen MR) is 73.4 cm³/mol. The average Bonchev–Trinajstić information content (AvgIpc) is 2.68. The maximum absolute atomic E-state index is 11.6. The van der Waals surface area contributed by atoms with Gasteiger partial charge in [0.05, 0.1) is 5.75 Å². The van der Waals surface area contributed by atoms with Gasteiger partial charge in [-0.05, 0) is 0 Å². The van der Waals surface area contributed by atoms with E-state index in [0.717, 1.165) is 17.5 Å². The van der Waals surface area contributed by atoms with Gasteiger partial charge in [0.15, 0.2) is 5.16 Å². The Bertz CT molecular complexity index is 477. The van der Waals surface area contributed by atoms with Crippen molar-refractivity contribution in [2.75, 3.05) is 12.8 Å². The second kappa shape index (κ2) is 6.10. The minimum atomic E-state index is -0.906. The number of amides is 1. The zero-order valence-corrected chi connectivity index (χ0v) is 12.4. The molecule has 1 aromatic heterocycles. The highest BCUT2D eigenvalue weighted by atomic mass is 32.2. The van der Waals surface area contributed by atoms with E-state index in [1.807, 2.05) is 20.8 Å². The number of hydrogen-bond donors (Lipinski definition) is 2. The molecule has 0 aliphatic carbocycles. The Hall–Kier alpha value is -1.50. The van der Waals surface area contributed by atoms with Crippen LogP contribution in [0.2, 0.25) is 0 Å². The molecule has 0 aliphatic heterocycles. The second-order valence-corrected chi connectivity index (χ2v) is 6.06. The van der Waals surface area contributed by atoms with Gasteiger partial charge in [-0.25, -0.2) is 4.98 Å². The first-order valence-electron chi connectivity index (χ1n) is 5.87. The van der Waals surface area contributed by atoms with Crippen LogP contribution in [0.1, 0.15) is 26.5 Å². The highest BCUT2D eigenvalue weighted by Gasteiger charge is 2.23. The number of carbonyl (C=O) groups is 2. The zero-order chi connectivity index (χ0) is 14.6. The topological polar surface area (TPSA) is 84.2 Å². The molecule has 1 aromatic rings. The molecular formula is C12H19N3O3S. The zero-order valence-electron chi connectivity index (χ0n) is 11.6. The molecule has 2 N–H and O–H groups in total. The molecule has 0 unspecified atom stereocenters. The molecule has 6 nitrogen and oxygen atoms in total. The molecule has 19 heavy (non-hydrogen) atoms. The first-order valence-corrected chi connectivity index (χ1v) is 6.85. The first kappa shape index (κ1) is 15.6. The highest BCUT2D eigenvalue weighted by Crippen LogP contribution is 2.27. The van der Waals surface area contributed by atoms with E-state index in [0.29, 0.717) is 5.16 Å². The second-order valence-electron chi connectivity index (χ2n) is 5.12. The fourth-order valence-corrected chi connectivity index (χ4v) is 2.27. The number of aromatic nitrogens is 2. The van der Waals surface area contributed by atoms with E-state index in [1.165, 1.54) is 0 Å². The summed E-state index contributed by atoms with van der Waals surface area (Å²) in [6.07, 6.45) is 1.70. The summed E-state index contributed by atoms with van der Waals surface area (Å²) in [4.78, 5) is 26.4. The summed E-state index contributed by atoms with van der Waals surface area (Å²) in [5, 5.41) is 11.8. The number of imidazole rings is 1. The Morgan fingerprint density at radius 1 is 1.47 bits per heavy atom. The van der Waals surface area contributed by atoms with E-state index in [2.05, 4.69) is 10.3 Å². The lowest BCUT2D eigenvalue weighted by molar-refractivity contribution is -0.133. The summed E-state index contributed by atoms with van der Waals surface area (Å²) in [6, 6.07) is 0. The molecule has 1 heterocycles. The van der Waals surface area contributed by atoms with E-state index < -0.39 is 5.97 Å². The van der Waals surface area contributed by atoms with Crippen LogP contribution in [0.15, 0.2) is 11.4 Å². The quantitative estimate of drug-likeness (QED) is 0.792. The van der Waals surface area contributed by atoms with Crippen molar-refractivity contribution in [2.24, 2.45) is 0 Å². The van der Waals surface area contributed by atoms with Crippen molar-refractivity contribution >= 4 is 23.6 Å². The summed E-state index contributed by atoms with van der Waals surface area (Å²) >= 11 is 1.12. The van der Waals surface area contributed by atoms with E-state index in [1.54, 1.807) is 17.8 Å². The van der Waals surface area contributed by atoms with Crippen molar-refractivity contribution in [3.63, 3.8) is 0 Å². The molecule has 1 amide bonds. The largest absolute Gasteiger partial charge is 0.481 e. The first-order chi connectivity index (χ1) is 8.75. The van der Waals surface area contributed by atoms with Crippen LogP contribution in [-0.4, -0.2) is 39.3 Å². The van der Waals surface area contributed by atoms with Crippen LogP contribution in [0, 0.1) is 0 Å². The Labute approximate surface area is 116 Å². The van der Waals surface area contributed by atoms with Gasteiger partial charge < -0.3 is 15.0 Å². The normalized spacial score (nSPS) is 11.4. The molecule has 0 spiro atoms. The maximum Gasteiger partial charge on any atom is 0.313 e. The van der Waals surface area contributed by atoms with Crippen LogP contribution >= 0.6 is 11.8 Å². The number of hydrogen-bond acceptors (Lipinski definition) is 4. The Balaban J connectivity index is 3.06. The third-order valence-electron chi connectivity index (χ3n) is 2.49. The Morgan fingerprint density at radius 3 is 2.58 bits per heavy atom. The average molecular weight is 285 g/mol. The van der Waals surface area contributed by atoms with Gasteiger partial charge in [-0.2, -0.15) is 0 Å². The SMILES string of the molecule is CNC(=O)Cn1c(C(C)(C)C)cnc1SCC(=O)O. The number of nitrogens with one attached hydrogen (secondary N) is 1. The summed E-state index contributed by atoms with van der Waals surface area (Å²) in [5.74, 6) is -1.12. The van der Waals surface area contributed by atoms with Crippen molar-refractivity contribution in [3.8, 4) is 0 Å². The Kier molecular flexibility index (Phi) is 4.99. The van der Waals surface area contributed by atoms with Crippen molar-refractivity contribution in [1.29, 1.82) is 0 Å². The van der Waals surface area contributed by atoms with E-state index in [9.17, 15) is 9.59 Å². The van der Waals surface area contributed by atoms with Crippen LogP contribution < -0.4 is 5.32 Å². The third kappa shape index (κ3) is 4.27. The summed E-state index contributed by atoms with van der Waals surface area (Å²) in [6.45, 7) is 6.22. The van der Waals surface area contributed by atoms with Crippen molar-refractivity contribution < 1.29 is 14.7 Å². The van der Waals surface area contributed by atoms with Crippen LogP contribution in [0.25, 0.3) is 0 Å². The van der Waals surface area contributed by atoms with Gasteiger partial charge in [0.25, 0.3) is 0 Å². The van der Waals surface area contributed by atoms with Crippen molar-refractivity contribution in [2.45, 2.75) is 37.9 Å². The standard InChI is InChI=1S/C12H19N3O3S/c1-12(2,3)8-5-14-11(19-7-10(17)18)15(8)6-9(16)13-4/h5H,6-7H2,1-4H3,(H,13,16)(H,17,18). The summed E-state index contributed by atoms with van der Waals surface area (Å²) in [7, 11) is 1.57. The van der Waals surface area contributed by atoms with Gasteiger partial charge in [0.1, 0.15) is 6.54 Å². The third-order valence-corrected chi connectivity index (χ3v) is 3.47. The number of thioether (sulfide) groups is 1. The minimum Gasteiger partial charge on any atom is -0.481 e. The lowest BCUT2D eigenvalue weighted by atomic mass is 9.92. The van der Waals surface area contributed by atoms with Gasteiger partial charge in [-0.1, -0.05) is 32.5 Å². The van der Waals surface area contributed by atoms with Gasteiger partial charge >= 0.3 is 5.97 Å². The van der Waals surface area contributed by atoms with Gasteiger partial charge in [0.2, 0.25) is 5.91 Å². The molecular weight excluding hydrogens is 266 g/mol. The lowest BCUT2D eigenvalue weighted by Crippen LogP contribution is -2.27. The van der Waals surface area contributed by atoms with Crippen LogP contribution in [0.3, 0.4) is 0 Å². The molecule has 106 valence electrons. The molecule has 0 saturated carbocycles. The van der Waals surface area contributed by atoms with E-state index >= 15 is 0 Å². The Morgan fingerprint density at radius 2 is 2.11 bits per heavy atom. The van der Waals surface area contributed by atoms with Gasteiger partial charge in [-0.15, -0.1) is 0 Å². The lowest BCUT2D eigenvalue weighted by Gasteiger charge is -2.21. The van der Waals surface area contributed by atoms with E-state index in [4.69, 9.17) is 5.11 Å². The fourth-order valence-electron chi connectivity index (χ4n) is 1.57. The number of carboxylic acid groups (broad SMARTS) is 1. The fraction of sp³-hybridized carbons (Fsp3) is 0.583. The van der Waals surface area contributed by atoms with Gasteiger partial charge in [-0.3, -0.25) is 9.59 Å². The molecule has 0 bridgehead atoms. The molecule has 0 radical (unpaired) electrons. The number of likely N-dealkylation sites (N-methyl/N-ethyl adjacent to an activating group) is 1. The summed E-state index contributed by atoms with van der Waals surface area (Å²) < 4.78 is 1.77. The molecule has 7 heteroatoms. The molecule has 1 rings (SSSR count). The monoisotopic (exact) mass is 285 g/mol. The number of aliphatic carboxylic acids is 1. The van der Waals surface area contributed by atoms with E-state index in [-0.39, 0.29) is 23.6 Å². The predicted octanol–water partition coefficient (Wildman–Crippen LogP) is 1.10. The van der Waals surface area contributed by atoms with Crippen molar-refractivity contribution in [3.05, 3.63) is 11.9 Å². The molecule has 0 fully saturated rings. The maximum atomic E-state index is 11.6. The molecule has 0 atom stereocenters. The number of nitrogens with zero attached hydrogens (tertiary/aromatic N) is 2. The van der Waals surface area contributed by atoms with Crippen molar-refractivity contribution in [1.82, 2.24) is 14.9 Å². The number of rotatable bonds is 5. The molecule has 0 aromatic carbocycles.